The van der Waals surface area contributed by atoms with Crippen LogP contribution in [0.2, 0.25) is 0 Å². The van der Waals surface area contributed by atoms with E-state index >= 15 is 0 Å². The standard InChI is InChI=1S/C16H24FN3O3S.HI/c1-3-18-16(20-14-6-7-24(21,22)11-14)19-9-12-4-5-15(17)13(8-12)10-23-2;/h4-5,8,14H,3,6-7,9-11H2,1-2H3,(H2,18,19,20);1H. The van der Waals surface area contributed by atoms with Crippen molar-refractivity contribution in [2.45, 2.75) is 32.5 Å². The average Bonchev–Trinajstić information content (AvgIpc) is 2.87. The van der Waals surface area contributed by atoms with E-state index in [1.807, 2.05) is 6.92 Å². The fourth-order valence-corrected chi connectivity index (χ4v) is 4.26. The van der Waals surface area contributed by atoms with Gasteiger partial charge in [0.05, 0.1) is 24.7 Å². The molecule has 0 radical (unpaired) electrons. The Kier molecular flexibility index (Phi) is 9.08. The molecule has 1 heterocycles. The van der Waals surface area contributed by atoms with Crippen LogP contribution in [0.5, 0.6) is 0 Å². The Morgan fingerprint density at radius 1 is 1.44 bits per heavy atom. The van der Waals surface area contributed by atoms with E-state index in [1.54, 1.807) is 12.1 Å². The van der Waals surface area contributed by atoms with Gasteiger partial charge in [-0.15, -0.1) is 24.0 Å². The molecule has 142 valence electrons. The van der Waals surface area contributed by atoms with Crippen molar-refractivity contribution in [3.8, 4) is 0 Å². The van der Waals surface area contributed by atoms with Crippen LogP contribution in [-0.4, -0.2) is 45.6 Å². The van der Waals surface area contributed by atoms with E-state index in [9.17, 15) is 12.8 Å². The molecule has 1 unspecified atom stereocenters. The average molecular weight is 485 g/mol. The maximum absolute atomic E-state index is 13.6. The van der Waals surface area contributed by atoms with Crippen LogP contribution in [0.4, 0.5) is 4.39 Å². The number of aliphatic imine (C=N–C) groups is 1. The maximum atomic E-state index is 13.6. The van der Waals surface area contributed by atoms with Crippen molar-refractivity contribution in [2.24, 2.45) is 4.99 Å². The van der Waals surface area contributed by atoms with Crippen molar-refractivity contribution in [1.29, 1.82) is 0 Å². The molecule has 0 bridgehead atoms. The minimum atomic E-state index is -2.94. The van der Waals surface area contributed by atoms with Gasteiger partial charge in [0.1, 0.15) is 5.82 Å². The third-order valence-corrected chi connectivity index (χ3v) is 5.52. The van der Waals surface area contributed by atoms with Gasteiger partial charge in [-0.1, -0.05) is 6.07 Å². The second-order valence-electron chi connectivity index (χ2n) is 5.80. The summed E-state index contributed by atoms with van der Waals surface area (Å²) in [5, 5.41) is 6.26. The van der Waals surface area contributed by atoms with Crippen molar-refractivity contribution < 1.29 is 17.5 Å². The summed E-state index contributed by atoms with van der Waals surface area (Å²) in [6.45, 7) is 3.19. The van der Waals surface area contributed by atoms with Gasteiger partial charge < -0.3 is 15.4 Å². The first-order valence-electron chi connectivity index (χ1n) is 7.95. The third-order valence-electron chi connectivity index (χ3n) is 3.75. The van der Waals surface area contributed by atoms with Gasteiger partial charge in [-0.25, -0.2) is 17.8 Å². The van der Waals surface area contributed by atoms with E-state index in [4.69, 9.17) is 4.74 Å². The number of hydrogen-bond donors (Lipinski definition) is 2. The lowest BCUT2D eigenvalue weighted by atomic mass is 10.1. The molecular weight excluding hydrogens is 460 g/mol. The maximum Gasteiger partial charge on any atom is 0.191 e. The molecule has 1 atom stereocenters. The topological polar surface area (TPSA) is 79.8 Å². The Morgan fingerprint density at radius 2 is 2.20 bits per heavy atom. The molecule has 2 rings (SSSR count). The number of ether oxygens (including phenoxy) is 1. The Hall–Kier alpha value is -0.940. The number of methoxy groups -OCH3 is 1. The molecule has 0 saturated carbocycles. The SMILES string of the molecule is CCNC(=NCc1ccc(F)c(COC)c1)NC1CCS(=O)(=O)C1.I. The molecule has 1 aliphatic rings. The van der Waals surface area contributed by atoms with Crippen LogP contribution in [-0.2, 0) is 27.7 Å². The van der Waals surface area contributed by atoms with Crippen LogP contribution in [0.3, 0.4) is 0 Å². The molecule has 2 N–H and O–H groups in total. The summed E-state index contributed by atoms with van der Waals surface area (Å²) in [7, 11) is -1.42. The highest BCUT2D eigenvalue weighted by molar-refractivity contribution is 14.0. The van der Waals surface area contributed by atoms with Crippen LogP contribution < -0.4 is 10.6 Å². The smallest absolute Gasteiger partial charge is 0.191 e. The number of nitrogens with zero attached hydrogens (tertiary/aromatic N) is 1. The molecule has 0 spiro atoms. The normalized spacial score (nSPS) is 19.3. The highest BCUT2D eigenvalue weighted by atomic mass is 127. The second-order valence-corrected chi connectivity index (χ2v) is 8.03. The lowest BCUT2D eigenvalue weighted by Gasteiger charge is -2.16. The largest absolute Gasteiger partial charge is 0.380 e. The number of nitrogens with one attached hydrogen (secondary N) is 2. The summed E-state index contributed by atoms with van der Waals surface area (Å²) in [6.07, 6.45) is 0.585. The van der Waals surface area contributed by atoms with E-state index in [2.05, 4.69) is 15.6 Å². The molecule has 1 aromatic rings. The summed E-state index contributed by atoms with van der Waals surface area (Å²) in [5.41, 5.74) is 1.35. The van der Waals surface area contributed by atoms with Crippen molar-refractivity contribution in [3.05, 3.63) is 35.1 Å². The Labute approximate surface area is 165 Å². The summed E-state index contributed by atoms with van der Waals surface area (Å²) >= 11 is 0. The number of sulfone groups is 1. The molecule has 0 amide bonds. The van der Waals surface area contributed by atoms with Crippen molar-refractivity contribution >= 4 is 39.8 Å². The van der Waals surface area contributed by atoms with Gasteiger partial charge in [-0.05, 0) is 31.0 Å². The van der Waals surface area contributed by atoms with Gasteiger partial charge in [-0.3, -0.25) is 0 Å². The van der Waals surface area contributed by atoms with Gasteiger partial charge >= 0.3 is 0 Å². The fraction of sp³-hybridized carbons (Fsp3) is 0.562. The van der Waals surface area contributed by atoms with Crippen LogP contribution in [0, 0.1) is 5.82 Å². The zero-order valence-corrected chi connectivity index (χ0v) is 17.6. The molecule has 1 fully saturated rings. The van der Waals surface area contributed by atoms with E-state index in [-0.39, 0.29) is 53.9 Å². The van der Waals surface area contributed by atoms with E-state index < -0.39 is 9.84 Å². The summed E-state index contributed by atoms with van der Waals surface area (Å²) in [6, 6.07) is 4.70. The first-order chi connectivity index (χ1) is 11.4. The second kappa shape index (κ2) is 10.3. The fourth-order valence-electron chi connectivity index (χ4n) is 2.59. The van der Waals surface area contributed by atoms with Gasteiger partial charge in [0.2, 0.25) is 0 Å². The highest BCUT2D eigenvalue weighted by Gasteiger charge is 2.28. The molecule has 1 aliphatic heterocycles. The van der Waals surface area contributed by atoms with Crippen molar-refractivity contribution in [2.75, 3.05) is 25.2 Å². The van der Waals surface area contributed by atoms with Crippen LogP contribution in [0.15, 0.2) is 23.2 Å². The number of benzene rings is 1. The Balaban J connectivity index is 0.00000312. The lowest BCUT2D eigenvalue weighted by Crippen LogP contribution is -2.44. The monoisotopic (exact) mass is 485 g/mol. The molecule has 0 aromatic heterocycles. The van der Waals surface area contributed by atoms with Gasteiger partial charge in [0.25, 0.3) is 0 Å². The minimum absolute atomic E-state index is 0. The molecule has 6 nitrogen and oxygen atoms in total. The Bertz CT molecular complexity index is 698. The number of rotatable bonds is 6. The quantitative estimate of drug-likeness (QED) is 0.365. The van der Waals surface area contributed by atoms with Gasteiger partial charge in [0.15, 0.2) is 15.8 Å². The van der Waals surface area contributed by atoms with Crippen LogP contribution in [0.25, 0.3) is 0 Å². The van der Waals surface area contributed by atoms with Crippen molar-refractivity contribution in [3.63, 3.8) is 0 Å². The predicted octanol–water partition coefficient (Wildman–Crippen LogP) is 1.83. The third kappa shape index (κ3) is 7.06. The molecule has 9 heteroatoms. The minimum Gasteiger partial charge on any atom is -0.380 e. The van der Waals surface area contributed by atoms with Gasteiger partial charge in [0, 0.05) is 25.3 Å². The highest BCUT2D eigenvalue weighted by Crippen LogP contribution is 2.13. The predicted molar refractivity (Wildman–Crippen MR) is 108 cm³/mol. The van der Waals surface area contributed by atoms with E-state index in [1.165, 1.54) is 13.2 Å². The van der Waals surface area contributed by atoms with Crippen LogP contribution in [0.1, 0.15) is 24.5 Å². The number of hydrogen-bond acceptors (Lipinski definition) is 4. The first-order valence-corrected chi connectivity index (χ1v) is 9.77. The molecule has 25 heavy (non-hydrogen) atoms. The number of guanidine groups is 1. The first kappa shape index (κ1) is 22.1. The summed E-state index contributed by atoms with van der Waals surface area (Å²) in [4.78, 5) is 4.46. The van der Waals surface area contributed by atoms with E-state index in [0.717, 1.165) is 5.56 Å². The van der Waals surface area contributed by atoms with Crippen LogP contribution >= 0.6 is 24.0 Å². The molecule has 0 aliphatic carbocycles. The van der Waals surface area contributed by atoms with E-state index in [0.29, 0.717) is 31.0 Å². The summed E-state index contributed by atoms with van der Waals surface area (Å²) < 4.78 is 41.7. The molecule has 1 aromatic carbocycles. The Morgan fingerprint density at radius 3 is 2.80 bits per heavy atom. The molecular formula is C16H25FIN3O3S. The number of halogens is 2. The van der Waals surface area contributed by atoms with Gasteiger partial charge in [-0.2, -0.15) is 0 Å². The van der Waals surface area contributed by atoms with Crippen molar-refractivity contribution in [1.82, 2.24) is 10.6 Å². The lowest BCUT2D eigenvalue weighted by molar-refractivity contribution is 0.181. The zero-order chi connectivity index (χ0) is 17.6. The summed E-state index contributed by atoms with van der Waals surface area (Å²) in [5.74, 6) is 0.608. The zero-order valence-electron chi connectivity index (χ0n) is 14.4. The molecule has 1 saturated heterocycles.